The van der Waals surface area contributed by atoms with Crippen LogP contribution in [0.1, 0.15) is 23.6 Å². The lowest BCUT2D eigenvalue weighted by Crippen LogP contribution is -2.16. The van der Waals surface area contributed by atoms with Crippen LogP contribution in [-0.4, -0.2) is 11.1 Å². The summed E-state index contributed by atoms with van der Waals surface area (Å²) in [5, 5.41) is 3.23. The molecular weight excluding hydrogens is 248 g/mol. The number of anilines is 1. The van der Waals surface area contributed by atoms with Gasteiger partial charge in [0.2, 0.25) is 0 Å². The molecule has 1 N–H and O–H groups in total. The summed E-state index contributed by atoms with van der Waals surface area (Å²) < 4.78 is 5.12. The maximum absolute atomic E-state index is 11.6. The standard InChI is InChI=1S/C13H12N2O2S/c16-13(17-10-4-2-1-3-5-10)15-12-14-8-11(18-12)9-6-7-9/h1-5,8-9H,6-7H2,(H,14,15,16). The first-order valence-corrected chi connectivity index (χ1v) is 6.62. The Labute approximate surface area is 109 Å². The average molecular weight is 260 g/mol. The molecule has 92 valence electrons. The van der Waals surface area contributed by atoms with E-state index in [9.17, 15) is 4.79 Å². The Hall–Kier alpha value is -1.88. The van der Waals surface area contributed by atoms with Gasteiger partial charge in [0.05, 0.1) is 0 Å². The van der Waals surface area contributed by atoms with Gasteiger partial charge < -0.3 is 4.74 Å². The number of benzene rings is 1. The Morgan fingerprint density at radius 2 is 2.11 bits per heavy atom. The van der Waals surface area contributed by atoms with E-state index in [0.717, 1.165) is 0 Å². The van der Waals surface area contributed by atoms with Crippen LogP contribution in [0.25, 0.3) is 0 Å². The van der Waals surface area contributed by atoms with E-state index in [-0.39, 0.29) is 0 Å². The Balaban J connectivity index is 1.59. The fraction of sp³-hybridized carbons (Fsp3) is 0.231. The van der Waals surface area contributed by atoms with Crippen LogP contribution in [0.5, 0.6) is 5.75 Å². The number of rotatable bonds is 3. The molecule has 0 aliphatic heterocycles. The predicted octanol–water partition coefficient (Wildman–Crippen LogP) is 3.63. The molecule has 1 amide bonds. The quantitative estimate of drug-likeness (QED) is 0.916. The number of carbonyl (C=O) groups excluding carboxylic acids is 1. The zero-order valence-electron chi connectivity index (χ0n) is 9.63. The van der Waals surface area contributed by atoms with Gasteiger partial charge in [-0.15, -0.1) is 11.3 Å². The van der Waals surface area contributed by atoms with Crippen molar-refractivity contribution in [3.63, 3.8) is 0 Å². The van der Waals surface area contributed by atoms with Crippen molar-refractivity contribution in [2.45, 2.75) is 18.8 Å². The van der Waals surface area contributed by atoms with Gasteiger partial charge in [-0.3, -0.25) is 5.32 Å². The molecule has 1 aromatic carbocycles. The number of hydrogen-bond donors (Lipinski definition) is 1. The first-order valence-electron chi connectivity index (χ1n) is 5.81. The monoisotopic (exact) mass is 260 g/mol. The molecular formula is C13H12N2O2S. The highest BCUT2D eigenvalue weighted by atomic mass is 32.1. The van der Waals surface area contributed by atoms with E-state index < -0.39 is 6.09 Å². The van der Waals surface area contributed by atoms with Gasteiger partial charge in [0, 0.05) is 11.1 Å². The Morgan fingerprint density at radius 3 is 2.83 bits per heavy atom. The van der Waals surface area contributed by atoms with Crippen LogP contribution in [0.15, 0.2) is 36.5 Å². The van der Waals surface area contributed by atoms with Gasteiger partial charge in [0.25, 0.3) is 0 Å². The molecule has 5 heteroatoms. The summed E-state index contributed by atoms with van der Waals surface area (Å²) in [6.45, 7) is 0. The lowest BCUT2D eigenvalue weighted by molar-refractivity contribution is 0.215. The highest BCUT2D eigenvalue weighted by Crippen LogP contribution is 2.43. The van der Waals surface area contributed by atoms with E-state index in [2.05, 4.69) is 10.3 Å². The molecule has 1 aromatic heterocycles. The lowest BCUT2D eigenvalue weighted by atomic mass is 10.3. The van der Waals surface area contributed by atoms with Gasteiger partial charge in [0.1, 0.15) is 5.75 Å². The molecule has 0 saturated heterocycles. The number of hydrogen-bond acceptors (Lipinski definition) is 4. The highest BCUT2D eigenvalue weighted by Gasteiger charge is 2.26. The summed E-state index contributed by atoms with van der Waals surface area (Å²) in [6.07, 6.45) is 3.80. The first kappa shape index (κ1) is 11.2. The summed E-state index contributed by atoms with van der Waals surface area (Å²) in [4.78, 5) is 17.0. The summed E-state index contributed by atoms with van der Waals surface area (Å²) in [6, 6.07) is 8.97. The molecule has 1 heterocycles. The van der Waals surface area contributed by atoms with E-state index in [4.69, 9.17) is 4.74 Å². The fourth-order valence-electron chi connectivity index (χ4n) is 1.61. The van der Waals surface area contributed by atoms with Crippen molar-refractivity contribution < 1.29 is 9.53 Å². The SMILES string of the molecule is O=C(Nc1ncc(C2CC2)s1)Oc1ccccc1. The zero-order valence-corrected chi connectivity index (χ0v) is 10.4. The van der Waals surface area contributed by atoms with Gasteiger partial charge in [-0.05, 0) is 30.9 Å². The smallest absolute Gasteiger partial charge is 0.410 e. The topological polar surface area (TPSA) is 51.2 Å². The van der Waals surface area contributed by atoms with Crippen LogP contribution in [0.2, 0.25) is 0 Å². The molecule has 4 nitrogen and oxygen atoms in total. The van der Waals surface area contributed by atoms with Gasteiger partial charge in [0.15, 0.2) is 5.13 Å². The summed E-state index contributed by atoms with van der Waals surface area (Å²) in [7, 11) is 0. The number of ether oxygens (including phenoxy) is 1. The van der Waals surface area contributed by atoms with Crippen LogP contribution in [0.3, 0.4) is 0 Å². The number of carbonyl (C=O) groups is 1. The van der Waals surface area contributed by atoms with Gasteiger partial charge in [-0.2, -0.15) is 0 Å². The summed E-state index contributed by atoms with van der Waals surface area (Å²) in [5.41, 5.74) is 0. The van der Waals surface area contributed by atoms with E-state index in [0.29, 0.717) is 16.8 Å². The van der Waals surface area contributed by atoms with E-state index >= 15 is 0 Å². The second-order valence-electron chi connectivity index (χ2n) is 4.17. The molecule has 2 aromatic rings. The van der Waals surface area contributed by atoms with Gasteiger partial charge in [-0.25, -0.2) is 9.78 Å². The maximum atomic E-state index is 11.6. The molecule has 1 fully saturated rings. The van der Waals surface area contributed by atoms with Crippen molar-refractivity contribution in [2.24, 2.45) is 0 Å². The molecule has 3 rings (SSSR count). The number of thiazole rings is 1. The zero-order chi connectivity index (χ0) is 12.4. The number of amides is 1. The Morgan fingerprint density at radius 1 is 1.33 bits per heavy atom. The number of nitrogens with zero attached hydrogens (tertiary/aromatic N) is 1. The van der Waals surface area contributed by atoms with Crippen molar-refractivity contribution in [2.75, 3.05) is 5.32 Å². The van der Waals surface area contributed by atoms with Crippen molar-refractivity contribution in [1.82, 2.24) is 4.98 Å². The highest BCUT2D eigenvalue weighted by molar-refractivity contribution is 7.15. The third-order valence-corrected chi connectivity index (χ3v) is 3.74. The lowest BCUT2D eigenvalue weighted by Gasteiger charge is -2.03. The van der Waals surface area contributed by atoms with Crippen LogP contribution in [0, 0.1) is 0 Å². The predicted molar refractivity (Wildman–Crippen MR) is 70.2 cm³/mol. The van der Waals surface area contributed by atoms with Crippen LogP contribution in [-0.2, 0) is 0 Å². The number of para-hydroxylation sites is 1. The minimum atomic E-state index is -0.502. The summed E-state index contributed by atoms with van der Waals surface area (Å²) >= 11 is 1.52. The van der Waals surface area contributed by atoms with Crippen molar-refractivity contribution in [1.29, 1.82) is 0 Å². The minimum Gasteiger partial charge on any atom is -0.410 e. The normalized spacial score (nSPS) is 14.2. The molecule has 0 atom stereocenters. The van der Waals surface area contributed by atoms with E-state index in [1.54, 1.807) is 12.1 Å². The molecule has 1 saturated carbocycles. The van der Waals surface area contributed by atoms with Crippen LogP contribution >= 0.6 is 11.3 Å². The molecule has 18 heavy (non-hydrogen) atoms. The summed E-state index contributed by atoms with van der Waals surface area (Å²) in [5.74, 6) is 1.18. The third-order valence-electron chi connectivity index (χ3n) is 2.67. The molecule has 0 radical (unpaired) electrons. The molecule has 0 unspecified atom stereocenters. The fourth-order valence-corrected chi connectivity index (χ4v) is 2.58. The third kappa shape index (κ3) is 2.68. The number of aromatic nitrogens is 1. The molecule has 0 bridgehead atoms. The van der Waals surface area contributed by atoms with Crippen LogP contribution < -0.4 is 10.1 Å². The largest absolute Gasteiger partial charge is 0.418 e. The minimum absolute atomic E-state index is 0.502. The average Bonchev–Trinajstić information content (AvgIpc) is 3.12. The Bertz CT molecular complexity index is 549. The molecule has 1 aliphatic carbocycles. The van der Waals surface area contributed by atoms with Gasteiger partial charge in [-0.1, -0.05) is 18.2 Å². The van der Waals surface area contributed by atoms with Crippen molar-refractivity contribution in [3.8, 4) is 5.75 Å². The van der Waals surface area contributed by atoms with E-state index in [1.165, 1.54) is 29.1 Å². The second kappa shape index (κ2) is 4.78. The van der Waals surface area contributed by atoms with Crippen molar-refractivity contribution >= 4 is 22.6 Å². The Kier molecular flexibility index (Phi) is 2.98. The second-order valence-corrected chi connectivity index (χ2v) is 5.23. The molecule has 1 aliphatic rings. The first-order chi connectivity index (χ1) is 8.81. The molecule has 0 spiro atoms. The van der Waals surface area contributed by atoms with Gasteiger partial charge >= 0.3 is 6.09 Å². The number of nitrogens with one attached hydrogen (secondary N) is 1. The van der Waals surface area contributed by atoms with Crippen molar-refractivity contribution in [3.05, 3.63) is 41.4 Å². The van der Waals surface area contributed by atoms with Crippen LogP contribution in [0.4, 0.5) is 9.93 Å². The maximum Gasteiger partial charge on any atom is 0.418 e. The van der Waals surface area contributed by atoms with E-state index in [1.807, 2.05) is 24.4 Å².